The van der Waals surface area contributed by atoms with Gasteiger partial charge in [0.15, 0.2) is 5.82 Å². The molecule has 2 rings (SSSR count). The summed E-state index contributed by atoms with van der Waals surface area (Å²) < 4.78 is 13.5. The van der Waals surface area contributed by atoms with Crippen LogP contribution in [0.2, 0.25) is 0 Å². The van der Waals surface area contributed by atoms with Crippen LogP contribution in [-0.4, -0.2) is 15.8 Å². The molecule has 6 nitrogen and oxygen atoms in total. The highest BCUT2D eigenvalue weighted by atomic mass is 19.1. The SMILES string of the molecule is Cc1ccc(C(C)NC(=O)c2ccncc2F)cc1[N+](=O)[O-]. The van der Waals surface area contributed by atoms with Crippen LogP contribution in [0.4, 0.5) is 10.1 Å². The van der Waals surface area contributed by atoms with Crippen LogP contribution in [0, 0.1) is 22.9 Å². The van der Waals surface area contributed by atoms with Crippen molar-refractivity contribution in [2.75, 3.05) is 0 Å². The number of aromatic nitrogens is 1. The summed E-state index contributed by atoms with van der Waals surface area (Å²) in [6, 6.07) is 5.48. The lowest BCUT2D eigenvalue weighted by atomic mass is 10.0. The molecule has 0 bridgehead atoms. The van der Waals surface area contributed by atoms with E-state index in [4.69, 9.17) is 0 Å². The summed E-state index contributed by atoms with van der Waals surface area (Å²) in [7, 11) is 0. The van der Waals surface area contributed by atoms with Gasteiger partial charge in [-0.1, -0.05) is 12.1 Å². The lowest BCUT2D eigenvalue weighted by Crippen LogP contribution is -2.27. The lowest BCUT2D eigenvalue weighted by Gasteiger charge is -2.15. The molecule has 1 unspecified atom stereocenters. The van der Waals surface area contributed by atoms with Crippen LogP contribution in [0.3, 0.4) is 0 Å². The Labute approximate surface area is 126 Å². The molecule has 0 radical (unpaired) electrons. The number of hydrogen-bond acceptors (Lipinski definition) is 4. The predicted octanol–water partition coefficient (Wildman–Crippen LogP) is 2.93. The number of nitrogens with zero attached hydrogens (tertiary/aromatic N) is 2. The van der Waals surface area contributed by atoms with Crippen molar-refractivity contribution in [3.63, 3.8) is 0 Å². The maximum absolute atomic E-state index is 13.5. The molecule has 0 aliphatic heterocycles. The van der Waals surface area contributed by atoms with E-state index in [0.717, 1.165) is 6.20 Å². The van der Waals surface area contributed by atoms with Gasteiger partial charge < -0.3 is 5.32 Å². The number of benzene rings is 1. The number of aryl methyl sites for hydroxylation is 1. The zero-order valence-corrected chi connectivity index (χ0v) is 12.0. The van der Waals surface area contributed by atoms with Crippen LogP contribution < -0.4 is 5.32 Å². The average Bonchev–Trinajstić information content (AvgIpc) is 2.47. The molecule has 1 amide bonds. The number of rotatable bonds is 4. The summed E-state index contributed by atoms with van der Waals surface area (Å²) in [5.74, 6) is -1.32. The topological polar surface area (TPSA) is 85.1 Å². The number of carbonyl (C=O) groups is 1. The van der Waals surface area contributed by atoms with Gasteiger partial charge in [0.1, 0.15) is 0 Å². The molecule has 0 spiro atoms. The van der Waals surface area contributed by atoms with Gasteiger partial charge in [-0.3, -0.25) is 19.9 Å². The van der Waals surface area contributed by atoms with Crippen LogP contribution in [0.1, 0.15) is 34.5 Å². The van der Waals surface area contributed by atoms with Gasteiger partial charge in [-0.25, -0.2) is 4.39 Å². The number of nitro benzene ring substituents is 1. The van der Waals surface area contributed by atoms with Crippen LogP contribution in [0.25, 0.3) is 0 Å². The maximum atomic E-state index is 13.5. The number of halogens is 1. The van der Waals surface area contributed by atoms with Crippen molar-refractivity contribution in [1.29, 1.82) is 0 Å². The van der Waals surface area contributed by atoms with Gasteiger partial charge in [0.05, 0.1) is 22.7 Å². The molecule has 1 N–H and O–H groups in total. The van der Waals surface area contributed by atoms with Crippen molar-refractivity contribution in [3.05, 3.63) is 69.3 Å². The van der Waals surface area contributed by atoms with Gasteiger partial charge >= 0.3 is 0 Å². The molecule has 0 fully saturated rings. The minimum Gasteiger partial charge on any atom is -0.345 e. The quantitative estimate of drug-likeness (QED) is 0.695. The largest absolute Gasteiger partial charge is 0.345 e. The number of hydrogen-bond donors (Lipinski definition) is 1. The summed E-state index contributed by atoms with van der Waals surface area (Å²) in [6.45, 7) is 3.31. The van der Waals surface area contributed by atoms with E-state index in [1.807, 2.05) is 0 Å². The molecule has 1 heterocycles. The molecular weight excluding hydrogens is 289 g/mol. The zero-order chi connectivity index (χ0) is 16.3. The molecule has 22 heavy (non-hydrogen) atoms. The normalized spacial score (nSPS) is 11.8. The van der Waals surface area contributed by atoms with Gasteiger partial charge in [0.2, 0.25) is 0 Å². The Kier molecular flexibility index (Phi) is 4.45. The fourth-order valence-corrected chi connectivity index (χ4v) is 2.01. The number of pyridine rings is 1. The Bertz CT molecular complexity index is 734. The minimum atomic E-state index is -0.720. The van der Waals surface area contributed by atoms with Crippen molar-refractivity contribution >= 4 is 11.6 Å². The third-order valence-corrected chi connectivity index (χ3v) is 3.29. The smallest absolute Gasteiger partial charge is 0.272 e. The van der Waals surface area contributed by atoms with E-state index in [0.29, 0.717) is 11.1 Å². The fourth-order valence-electron chi connectivity index (χ4n) is 2.01. The minimum absolute atomic E-state index is 0.0197. The second-order valence-corrected chi connectivity index (χ2v) is 4.85. The van der Waals surface area contributed by atoms with Gasteiger partial charge in [0, 0.05) is 17.8 Å². The van der Waals surface area contributed by atoms with E-state index in [1.165, 1.54) is 18.3 Å². The zero-order valence-electron chi connectivity index (χ0n) is 12.0. The number of nitrogens with one attached hydrogen (secondary N) is 1. The van der Waals surface area contributed by atoms with E-state index in [-0.39, 0.29) is 11.3 Å². The average molecular weight is 303 g/mol. The molecule has 0 saturated carbocycles. The van der Waals surface area contributed by atoms with Gasteiger partial charge in [-0.15, -0.1) is 0 Å². The molecule has 114 valence electrons. The summed E-state index contributed by atoms with van der Waals surface area (Å²) in [4.78, 5) is 26.1. The molecule has 0 aliphatic carbocycles. The highest BCUT2D eigenvalue weighted by Gasteiger charge is 2.18. The Morgan fingerprint density at radius 1 is 1.41 bits per heavy atom. The number of carbonyl (C=O) groups excluding carboxylic acids is 1. The van der Waals surface area contributed by atoms with E-state index in [9.17, 15) is 19.3 Å². The van der Waals surface area contributed by atoms with E-state index >= 15 is 0 Å². The standard InChI is InChI=1S/C15H14FN3O3/c1-9-3-4-11(7-14(9)19(21)22)10(2)18-15(20)12-5-6-17-8-13(12)16/h3-8,10H,1-2H3,(H,18,20). The second-order valence-electron chi connectivity index (χ2n) is 4.85. The van der Waals surface area contributed by atoms with E-state index < -0.39 is 22.7 Å². The monoisotopic (exact) mass is 303 g/mol. The van der Waals surface area contributed by atoms with Gasteiger partial charge in [-0.2, -0.15) is 0 Å². The van der Waals surface area contributed by atoms with Crippen molar-refractivity contribution < 1.29 is 14.1 Å². The fraction of sp³-hybridized carbons (Fsp3) is 0.200. The first kappa shape index (κ1) is 15.6. The summed E-state index contributed by atoms with van der Waals surface area (Å²) >= 11 is 0. The van der Waals surface area contributed by atoms with Gasteiger partial charge in [0.25, 0.3) is 11.6 Å². The van der Waals surface area contributed by atoms with Crippen LogP contribution in [0.15, 0.2) is 36.7 Å². The first-order valence-electron chi connectivity index (χ1n) is 6.55. The van der Waals surface area contributed by atoms with Crippen molar-refractivity contribution in [1.82, 2.24) is 10.3 Å². The highest BCUT2D eigenvalue weighted by Crippen LogP contribution is 2.23. The van der Waals surface area contributed by atoms with Crippen molar-refractivity contribution in [2.45, 2.75) is 19.9 Å². The molecule has 1 aromatic heterocycles. The molecule has 1 atom stereocenters. The molecule has 2 aromatic rings. The molecule has 1 aromatic carbocycles. The molecule has 0 aliphatic rings. The first-order valence-corrected chi connectivity index (χ1v) is 6.55. The maximum Gasteiger partial charge on any atom is 0.272 e. The Morgan fingerprint density at radius 2 is 2.14 bits per heavy atom. The second kappa shape index (κ2) is 6.30. The molecule has 7 heteroatoms. The summed E-state index contributed by atoms with van der Waals surface area (Å²) in [6.07, 6.45) is 2.27. The van der Waals surface area contributed by atoms with E-state index in [2.05, 4.69) is 10.3 Å². The Balaban J connectivity index is 2.21. The van der Waals surface area contributed by atoms with Gasteiger partial charge in [-0.05, 0) is 25.5 Å². The number of amides is 1. The Hall–Kier alpha value is -2.83. The van der Waals surface area contributed by atoms with Crippen LogP contribution in [-0.2, 0) is 0 Å². The van der Waals surface area contributed by atoms with Crippen LogP contribution in [0.5, 0.6) is 0 Å². The van der Waals surface area contributed by atoms with Crippen molar-refractivity contribution in [2.24, 2.45) is 0 Å². The van der Waals surface area contributed by atoms with Crippen LogP contribution >= 0.6 is 0 Å². The highest BCUT2D eigenvalue weighted by molar-refractivity contribution is 5.94. The summed E-state index contributed by atoms with van der Waals surface area (Å²) in [5, 5.41) is 13.6. The molecular formula is C15H14FN3O3. The van der Waals surface area contributed by atoms with Crippen molar-refractivity contribution in [3.8, 4) is 0 Å². The summed E-state index contributed by atoms with van der Waals surface area (Å²) in [5.41, 5.74) is 0.963. The third-order valence-electron chi connectivity index (χ3n) is 3.29. The lowest BCUT2D eigenvalue weighted by molar-refractivity contribution is -0.385. The van der Waals surface area contributed by atoms with E-state index in [1.54, 1.807) is 26.0 Å². The predicted molar refractivity (Wildman–Crippen MR) is 77.9 cm³/mol. The molecule has 0 saturated heterocycles. The third kappa shape index (κ3) is 3.25. The first-order chi connectivity index (χ1) is 10.4. The Morgan fingerprint density at radius 3 is 2.77 bits per heavy atom. The number of nitro groups is 1.